The van der Waals surface area contributed by atoms with Crippen LogP contribution in [0.2, 0.25) is 0 Å². The minimum atomic E-state index is 0.587. The fourth-order valence-corrected chi connectivity index (χ4v) is 1.62. The molecule has 12 heavy (non-hydrogen) atoms. The molecule has 0 aliphatic rings. The van der Waals surface area contributed by atoms with Crippen molar-refractivity contribution in [1.82, 2.24) is 0 Å². The third kappa shape index (κ3) is 2.14. The highest BCUT2D eigenvalue weighted by molar-refractivity contribution is 7.97. The van der Waals surface area contributed by atoms with Crippen molar-refractivity contribution in [3.8, 4) is 0 Å². The maximum atomic E-state index is 12.2. The van der Waals surface area contributed by atoms with E-state index in [1.54, 1.807) is 17.3 Å². The molecule has 0 radical (unpaired) electrons. The molecule has 66 valence electrons. The summed E-state index contributed by atoms with van der Waals surface area (Å²) in [5, 5.41) is 0. The fraction of sp³-hybridized carbons (Fsp3) is 0.333. The number of benzene rings is 1. The lowest BCUT2D eigenvalue weighted by Gasteiger charge is -2.05. The molecule has 0 unspecified atom stereocenters. The Bertz CT molecular complexity index is 263. The van der Waals surface area contributed by atoms with E-state index in [1.807, 2.05) is 31.4 Å². The van der Waals surface area contributed by atoms with Gasteiger partial charge in [-0.1, -0.05) is 12.1 Å². The zero-order valence-corrected chi connectivity index (χ0v) is 8.04. The Hall–Kier alpha value is -0.700. The third-order valence-electron chi connectivity index (χ3n) is 1.67. The van der Waals surface area contributed by atoms with Crippen LogP contribution in [0.3, 0.4) is 0 Å². The molecule has 0 aliphatic heterocycles. The standard InChI is InChI=1S/C9H12FNS/c1-7-3-4-8(6-12-2)9(5-7)11-10/h3-5,11H,6H2,1-2H3. The van der Waals surface area contributed by atoms with Crippen LogP contribution in [0.1, 0.15) is 11.1 Å². The molecular formula is C9H12FNS. The lowest BCUT2D eigenvalue weighted by atomic mass is 10.1. The van der Waals surface area contributed by atoms with E-state index in [1.165, 1.54) is 0 Å². The second-order valence-electron chi connectivity index (χ2n) is 2.69. The SMILES string of the molecule is CSCc1ccc(C)cc1NF. The largest absolute Gasteiger partial charge is 0.224 e. The van der Waals surface area contributed by atoms with E-state index in [2.05, 4.69) is 0 Å². The van der Waals surface area contributed by atoms with Crippen molar-refractivity contribution in [2.24, 2.45) is 0 Å². The van der Waals surface area contributed by atoms with Crippen LogP contribution < -0.4 is 5.54 Å². The van der Waals surface area contributed by atoms with Gasteiger partial charge in [-0.15, -0.1) is 4.48 Å². The van der Waals surface area contributed by atoms with Gasteiger partial charge in [0.25, 0.3) is 0 Å². The molecule has 0 saturated heterocycles. The first kappa shape index (κ1) is 9.39. The molecule has 0 aromatic heterocycles. The summed E-state index contributed by atoms with van der Waals surface area (Å²) < 4.78 is 12.2. The van der Waals surface area contributed by atoms with Crippen LogP contribution in [0.25, 0.3) is 0 Å². The van der Waals surface area contributed by atoms with Crippen molar-refractivity contribution in [1.29, 1.82) is 0 Å². The van der Waals surface area contributed by atoms with Crippen LogP contribution in [-0.2, 0) is 5.75 Å². The van der Waals surface area contributed by atoms with Gasteiger partial charge < -0.3 is 0 Å². The van der Waals surface area contributed by atoms with E-state index in [-0.39, 0.29) is 0 Å². The summed E-state index contributed by atoms with van der Waals surface area (Å²) in [5.74, 6) is 0.840. The van der Waals surface area contributed by atoms with Crippen molar-refractivity contribution in [2.45, 2.75) is 12.7 Å². The minimum absolute atomic E-state index is 0.587. The van der Waals surface area contributed by atoms with Gasteiger partial charge in [0.1, 0.15) is 0 Å². The summed E-state index contributed by atoms with van der Waals surface area (Å²) >= 11 is 1.68. The van der Waals surface area contributed by atoms with Crippen LogP contribution in [0.5, 0.6) is 0 Å². The van der Waals surface area contributed by atoms with E-state index in [0.717, 1.165) is 16.9 Å². The van der Waals surface area contributed by atoms with Gasteiger partial charge in [-0.05, 0) is 30.4 Å². The molecule has 1 aromatic carbocycles. The lowest BCUT2D eigenvalue weighted by molar-refractivity contribution is 0.616. The van der Waals surface area contributed by atoms with Crippen LogP contribution in [0.4, 0.5) is 10.2 Å². The predicted molar refractivity (Wildman–Crippen MR) is 53.1 cm³/mol. The summed E-state index contributed by atoms with van der Waals surface area (Å²) in [7, 11) is 0. The molecule has 0 amide bonds. The summed E-state index contributed by atoms with van der Waals surface area (Å²) in [6.45, 7) is 1.95. The summed E-state index contributed by atoms with van der Waals surface area (Å²) in [6.07, 6.45) is 2.00. The maximum absolute atomic E-state index is 12.2. The quantitative estimate of drug-likeness (QED) is 0.726. The molecule has 1 N–H and O–H groups in total. The van der Waals surface area contributed by atoms with E-state index in [4.69, 9.17) is 0 Å². The van der Waals surface area contributed by atoms with Crippen LogP contribution >= 0.6 is 11.8 Å². The highest BCUT2D eigenvalue weighted by Gasteiger charge is 2.00. The Labute approximate surface area is 76.3 Å². The molecule has 3 heteroatoms. The first-order chi connectivity index (χ1) is 5.77. The minimum Gasteiger partial charge on any atom is -0.224 e. The molecular weight excluding hydrogens is 173 g/mol. The Morgan fingerprint density at radius 1 is 1.50 bits per heavy atom. The molecule has 0 atom stereocenters. The highest BCUT2D eigenvalue weighted by atomic mass is 32.2. The smallest absolute Gasteiger partial charge is 0.0698 e. The molecule has 1 aromatic rings. The second kappa shape index (κ2) is 4.36. The van der Waals surface area contributed by atoms with E-state index in [9.17, 15) is 4.48 Å². The van der Waals surface area contributed by atoms with E-state index >= 15 is 0 Å². The lowest BCUT2D eigenvalue weighted by Crippen LogP contribution is -1.90. The molecule has 0 spiro atoms. The van der Waals surface area contributed by atoms with Crippen LogP contribution in [0, 0.1) is 6.92 Å². The average molecular weight is 185 g/mol. The Morgan fingerprint density at radius 2 is 2.25 bits per heavy atom. The summed E-state index contributed by atoms with van der Waals surface area (Å²) in [4.78, 5) is 0. The number of hydrogen-bond acceptors (Lipinski definition) is 2. The zero-order chi connectivity index (χ0) is 8.97. The molecule has 0 saturated carbocycles. The zero-order valence-electron chi connectivity index (χ0n) is 7.23. The maximum Gasteiger partial charge on any atom is 0.0698 e. The van der Waals surface area contributed by atoms with Crippen LogP contribution in [-0.4, -0.2) is 6.26 Å². The number of hydrogen-bond donors (Lipinski definition) is 1. The summed E-state index contributed by atoms with van der Waals surface area (Å²) in [6, 6.07) is 5.76. The third-order valence-corrected chi connectivity index (χ3v) is 2.27. The molecule has 0 bridgehead atoms. The molecule has 0 aliphatic carbocycles. The summed E-state index contributed by atoms with van der Waals surface area (Å²) in [5.41, 5.74) is 4.37. The van der Waals surface area contributed by atoms with Gasteiger partial charge in [-0.3, -0.25) is 0 Å². The second-order valence-corrected chi connectivity index (χ2v) is 3.55. The van der Waals surface area contributed by atoms with Gasteiger partial charge in [-0.2, -0.15) is 11.8 Å². The first-order valence-corrected chi connectivity index (χ1v) is 5.12. The Morgan fingerprint density at radius 3 is 2.83 bits per heavy atom. The molecule has 0 fully saturated rings. The van der Waals surface area contributed by atoms with Gasteiger partial charge in [0.05, 0.1) is 5.69 Å². The Balaban J connectivity index is 2.94. The van der Waals surface area contributed by atoms with Gasteiger partial charge in [-0.25, -0.2) is 5.54 Å². The fourth-order valence-electron chi connectivity index (χ4n) is 1.06. The Kier molecular flexibility index (Phi) is 3.41. The number of halogens is 1. The average Bonchev–Trinajstić information content (AvgIpc) is 2.08. The topological polar surface area (TPSA) is 12.0 Å². The number of thioether (sulfide) groups is 1. The monoisotopic (exact) mass is 185 g/mol. The van der Waals surface area contributed by atoms with Crippen molar-refractivity contribution in [2.75, 3.05) is 11.8 Å². The van der Waals surface area contributed by atoms with Gasteiger partial charge >= 0.3 is 0 Å². The van der Waals surface area contributed by atoms with Gasteiger partial charge in [0.2, 0.25) is 0 Å². The molecule has 1 nitrogen and oxygen atoms in total. The van der Waals surface area contributed by atoms with Crippen molar-refractivity contribution in [3.63, 3.8) is 0 Å². The molecule has 0 heterocycles. The van der Waals surface area contributed by atoms with Gasteiger partial charge in [0.15, 0.2) is 0 Å². The normalized spacial score (nSPS) is 9.92. The van der Waals surface area contributed by atoms with Gasteiger partial charge in [0, 0.05) is 5.75 Å². The number of anilines is 1. The number of nitrogens with one attached hydrogen (secondary N) is 1. The molecule has 1 rings (SSSR count). The van der Waals surface area contributed by atoms with E-state index in [0.29, 0.717) is 5.69 Å². The first-order valence-electron chi connectivity index (χ1n) is 3.73. The van der Waals surface area contributed by atoms with Crippen molar-refractivity contribution >= 4 is 17.4 Å². The number of rotatable bonds is 3. The van der Waals surface area contributed by atoms with E-state index < -0.39 is 0 Å². The number of aryl methyl sites for hydroxylation is 1. The van der Waals surface area contributed by atoms with Crippen molar-refractivity contribution in [3.05, 3.63) is 29.3 Å². The highest BCUT2D eigenvalue weighted by Crippen LogP contribution is 2.21. The van der Waals surface area contributed by atoms with Crippen LogP contribution in [0.15, 0.2) is 18.2 Å². The predicted octanol–water partition coefficient (Wildman–Crippen LogP) is 3.15. The van der Waals surface area contributed by atoms with Crippen molar-refractivity contribution < 1.29 is 4.48 Å².